The van der Waals surface area contributed by atoms with E-state index in [1.807, 2.05) is 28.8 Å². The van der Waals surface area contributed by atoms with Gasteiger partial charge in [0.2, 0.25) is 0 Å². The first-order valence-corrected chi connectivity index (χ1v) is 8.13. The van der Waals surface area contributed by atoms with E-state index in [-0.39, 0.29) is 24.0 Å². The molecule has 0 atom stereocenters. The second-order valence-corrected chi connectivity index (χ2v) is 5.62. The molecule has 2 heterocycles. The van der Waals surface area contributed by atoms with Gasteiger partial charge in [-0.25, -0.2) is 0 Å². The number of halogens is 1. The van der Waals surface area contributed by atoms with Crippen LogP contribution in [0.4, 0.5) is 0 Å². The molecule has 0 aliphatic heterocycles. The molecule has 24 heavy (non-hydrogen) atoms. The van der Waals surface area contributed by atoms with E-state index < -0.39 is 0 Å². The fourth-order valence-electron chi connectivity index (χ4n) is 2.49. The average molecular weight is 445 g/mol. The number of aliphatic imine (C=N–C) groups is 1. The third kappa shape index (κ3) is 5.59. The second kappa shape index (κ2) is 10.4. The van der Waals surface area contributed by atoms with Crippen molar-refractivity contribution < 1.29 is 0 Å². The lowest BCUT2D eigenvalue weighted by Gasteiger charge is -2.25. The van der Waals surface area contributed by atoms with Gasteiger partial charge in [0, 0.05) is 32.4 Å². The number of hydrogen-bond acceptors (Lipinski definition) is 4. The van der Waals surface area contributed by atoms with Crippen LogP contribution in [0.1, 0.15) is 26.6 Å². The zero-order valence-corrected chi connectivity index (χ0v) is 17.2. The molecule has 0 radical (unpaired) electrons. The summed E-state index contributed by atoms with van der Waals surface area (Å²) in [5.74, 6) is 1.64. The van der Waals surface area contributed by atoms with Crippen molar-refractivity contribution in [3.63, 3.8) is 0 Å². The van der Waals surface area contributed by atoms with Gasteiger partial charge in [-0.2, -0.15) is 0 Å². The number of pyridine rings is 1. The molecule has 2 rings (SSSR count). The van der Waals surface area contributed by atoms with E-state index in [0.717, 1.165) is 37.1 Å². The monoisotopic (exact) mass is 445 g/mol. The molecule has 0 spiro atoms. The van der Waals surface area contributed by atoms with Crippen LogP contribution in [0.25, 0.3) is 5.65 Å². The Bertz CT molecular complexity index is 638. The normalized spacial score (nSPS) is 11.8. The van der Waals surface area contributed by atoms with E-state index >= 15 is 0 Å². The molecule has 0 unspecified atom stereocenters. The summed E-state index contributed by atoms with van der Waals surface area (Å²) >= 11 is 0. The molecule has 0 bridgehead atoms. The highest BCUT2D eigenvalue weighted by molar-refractivity contribution is 14.0. The second-order valence-electron chi connectivity index (χ2n) is 5.62. The summed E-state index contributed by atoms with van der Waals surface area (Å²) in [6.45, 7) is 10.1. The van der Waals surface area contributed by atoms with Gasteiger partial charge in [-0.05, 0) is 32.5 Å². The predicted octanol–water partition coefficient (Wildman–Crippen LogP) is 1.74. The van der Waals surface area contributed by atoms with E-state index in [1.165, 1.54) is 0 Å². The van der Waals surface area contributed by atoms with Gasteiger partial charge in [0.15, 0.2) is 17.4 Å². The fraction of sp³-hybridized carbons (Fsp3) is 0.562. The Hall–Kier alpha value is -1.42. The summed E-state index contributed by atoms with van der Waals surface area (Å²) in [5.41, 5.74) is 0.850. The van der Waals surface area contributed by atoms with Crippen molar-refractivity contribution in [1.82, 2.24) is 30.1 Å². The maximum Gasteiger partial charge on any atom is 0.191 e. The zero-order valence-electron chi connectivity index (χ0n) is 14.9. The van der Waals surface area contributed by atoms with Crippen LogP contribution in [-0.4, -0.2) is 58.2 Å². The number of guanidine groups is 1. The molecular formula is C16H28IN7. The van der Waals surface area contributed by atoms with Crippen LogP contribution in [0.5, 0.6) is 0 Å². The highest BCUT2D eigenvalue weighted by atomic mass is 127. The maximum atomic E-state index is 4.25. The molecule has 2 N–H and O–H groups in total. The minimum atomic E-state index is 0. The van der Waals surface area contributed by atoms with Gasteiger partial charge in [0.25, 0.3) is 0 Å². The van der Waals surface area contributed by atoms with Crippen LogP contribution in [0, 0.1) is 0 Å². The van der Waals surface area contributed by atoms with E-state index in [4.69, 9.17) is 0 Å². The first-order chi connectivity index (χ1) is 11.2. The SMILES string of the molecule is CCN(CCNC(=NC)NCc1nnc2ccccn12)C(C)C.I. The van der Waals surface area contributed by atoms with Crippen LogP contribution < -0.4 is 10.6 Å². The molecule has 134 valence electrons. The quantitative estimate of drug-likeness (QED) is 0.386. The number of fused-ring (bicyclic) bond motifs is 1. The van der Waals surface area contributed by atoms with Crippen molar-refractivity contribution in [2.45, 2.75) is 33.4 Å². The van der Waals surface area contributed by atoms with E-state index in [2.05, 4.69) is 51.5 Å². The van der Waals surface area contributed by atoms with Crippen molar-refractivity contribution in [3.05, 3.63) is 30.2 Å². The molecular weight excluding hydrogens is 417 g/mol. The van der Waals surface area contributed by atoms with Gasteiger partial charge >= 0.3 is 0 Å². The molecule has 0 aliphatic rings. The third-order valence-electron chi connectivity index (χ3n) is 3.85. The van der Waals surface area contributed by atoms with Crippen LogP contribution in [0.2, 0.25) is 0 Å². The number of nitrogens with one attached hydrogen (secondary N) is 2. The Kier molecular flexibility index (Phi) is 8.98. The summed E-state index contributed by atoms with van der Waals surface area (Å²) in [6.07, 6.45) is 1.96. The largest absolute Gasteiger partial charge is 0.355 e. The lowest BCUT2D eigenvalue weighted by atomic mass is 10.3. The number of hydrogen-bond donors (Lipinski definition) is 2. The Morgan fingerprint density at radius 2 is 2.08 bits per heavy atom. The van der Waals surface area contributed by atoms with Crippen molar-refractivity contribution in [2.24, 2.45) is 4.99 Å². The summed E-state index contributed by atoms with van der Waals surface area (Å²) in [5, 5.41) is 15.0. The number of likely N-dealkylation sites (N-methyl/N-ethyl adjacent to an activating group) is 1. The lowest BCUT2D eigenvalue weighted by Crippen LogP contribution is -2.43. The molecule has 2 aromatic rings. The molecule has 0 saturated carbocycles. The number of rotatable bonds is 7. The van der Waals surface area contributed by atoms with Gasteiger partial charge in [-0.15, -0.1) is 34.2 Å². The Balaban J connectivity index is 0.00000288. The van der Waals surface area contributed by atoms with Crippen molar-refractivity contribution in [3.8, 4) is 0 Å². The third-order valence-corrected chi connectivity index (χ3v) is 3.85. The highest BCUT2D eigenvalue weighted by Crippen LogP contribution is 2.02. The molecule has 0 aliphatic carbocycles. The summed E-state index contributed by atoms with van der Waals surface area (Å²) in [6, 6.07) is 6.42. The Morgan fingerprint density at radius 1 is 1.29 bits per heavy atom. The fourth-order valence-corrected chi connectivity index (χ4v) is 2.49. The van der Waals surface area contributed by atoms with E-state index in [9.17, 15) is 0 Å². The van der Waals surface area contributed by atoms with E-state index in [1.54, 1.807) is 7.05 Å². The average Bonchev–Trinajstić information content (AvgIpc) is 2.97. The van der Waals surface area contributed by atoms with Crippen LogP contribution >= 0.6 is 24.0 Å². The first-order valence-electron chi connectivity index (χ1n) is 8.13. The van der Waals surface area contributed by atoms with Gasteiger partial charge < -0.3 is 10.6 Å². The number of aromatic nitrogens is 3. The van der Waals surface area contributed by atoms with Crippen LogP contribution in [0.3, 0.4) is 0 Å². The summed E-state index contributed by atoms with van der Waals surface area (Å²) < 4.78 is 1.97. The highest BCUT2D eigenvalue weighted by Gasteiger charge is 2.08. The summed E-state index contributed by atoms with van der Waals surface area (Å²) in [4.78, 5) is 6.66. The van der Waals surface area contributed by atoms with Crippen molar-refractivity contribution in [1.29, 1.82) is 0 Å². The first kappa shape index (κ1) is 20.6. The predicted molar refractivity (Wildman–Crippen MR) is 109 cm³/mol. The van der Waals surface area contributed by atoms with Gasteiger partial charge in [0.1, 0.15) is 0 Å². The van der Waals surface area contributed by atoms with E-state index in [0.29, 0.717) is 12.6 Å². The van der Waals surface area contributed by atoms with Gasteiger partial charge in [-0.3, -0.25) is 14.3 Å². The van der Waals surface area contributed by atoms with Crippen molar-refractivity contribution >= 4 is 35.6 Å². The standard InChI is InChI=1S/C16H27N7.HI/c1-5-22(13(2)3)11-9-18-16(17-4)19-12-15-21-20-14-8-6-7-10-23(14)15;/h6-8,10,13H,5,9,11-12H2,1-4H3,(H2,17,18,19);1H. The van der Waals surface area contributed by atoms with Crippen LogP contribution in [-0.2, 0) is 6.54 Å². The molecule has 8 heteroatoms. The lowest BCUT2D eigenvalue weighted by molar-refractivity contribution is 0.237. The molecule has 0 amide bonds. The molecule has 2 aromatic heterocycles. The molecule has 0 aromatic carbocycles. The molecule has 0 saturated heterocycles. The Morgan fingerprint density at radius 3 is 2.75 bits per heavy atom. The topological polar surface area (TPSA) is 69.8 Å². The maximum absolute atomic E-state index is 4.25. The minimum Gasteiger partial charge on any atom is -0.355 e. The number of nitrogens with zero attached hydrogens (tertiary/aromatic N) is 5. The molecule has 7 nitrogen and oxygen atoms in total. The Labute approximate surface area is 161 Å². The van der Waals surface area contributed by atoms with Gasteiger partial charge in [0.05, 0.1) is 6.54 Å². The van der Waals surface area contributed by atoms with Crippen LogP contribution in [0.15, 0.2) is 29.4 Å². The minimum absolute atomic E-state index is 0. The van der Waals surface area contributed by atoms with Gasteiger partial charge in [-0.1, -0.05) is 13.0 Å². The van der Waals surface area contributed by atoms with Crippen molar-refractivity contribution in [2.75, 3.05) is 26.7 Å². The zero-order chi connectivity index (χ0) is 16.7. The molecule has 0 fully saturated rings. The smallest absolute Gasteiger partial charge is 0.191 e. The summed E-state index contributed by atoms with van der Waals surface area (Å²) in [7, 11) is 1.78.